The maximum absolute atomic E-state index is 9.43. The van der Waals surface area contributed by atoms with Crippen molar-refractivity contribution in [2.24, 2.45) is 7.05 Å². The van der Waals surface area contributed by atoms with Crippen molar-refractivity contribution in [2.45, 2.75) is 45.4 Å². The number of benzene rings is 1. The Morgan fingerprint density at radius 1 is 1.32 bits per heavy atom. The van der Waals surface area contributed by atoms with Gasteiger partial charge in [-0.3, -0.25) is 0 Å². The number of nitrogens with zero attached hydrogens (tertiary/aromatic N) is 2. The topological polar surface area (TPSA) is 38.1 Å². The number of hydrogen-bond donors (Lipinski definition) is 1. The van der Waals surface area contributed by atoms with Gasteiger partial charge in [-0.1, -0.05) is 33.8 Å². The summed E-state index contributed by atoms with van der Waals surface area (Å²) in [5, 5.41) is 9.43. The van der Waals surface area contributed by atoms with Crippen LogP contribution in [-0.4, -0.2) is 21.3 Å². The fraction of sp³-hybridized carbons (Fsp3) is 0.562. The van der Waals surface area contributed by atoms with E-state index in [9.17, 15) is 5.11 Å². The van der Waals surface area contributed by atoms with Crippen LogP contribution in [-0.2, 0) is 12.5 Å². The molecule has 0 aliphatic heterocycles. The second kappa shape index (κ2) is 4.97. The molecule has 104 valence electrons. The molecule has 1 heterocycles. The van der Waals surface area contributed by atoms with Gasteiger partial charge in [-0.2, -0.15) is 0 Å². The zero-order chi connectivity index (χ0) is 14.2. The molecule has 0 spiro atoms. The molecule has 0 radical (unpaired) electrons. The van der Waals surface area contributed by atoms with Crippen LogP contribution in [0.25, 0.3) is 11.0 Å². The van der Waals surface area contributed by atoms with Crippen LogP contribution in [0.3, 0.4) is 0 Å². The molecule has 0 bridgehead atoms. The van der Waals surface area contributed by atoms with Gasteiger partial charge in [-0.05, 0) is 24.1 Å². The maximum atomic E-state index is 9.43. The van der Waals surface area contributed by atoms with Crippen molar-refractivity contribution in [2.75, 3.05) is 6.61 Å². The summed E-state index contributed by atoms with van der Waals surface area (Å²) in [6.45, 7) is 8.84. The molecule has 3 nitrogen and oxygen atoms in total. The molecular formula is C16H24N2O. The molecule has 19 heavy (non-hydrogen) atoms. The lowest BCUT2D eigenvalue weighted by Crippen LogP contribution is -2.17. The van der Waals surface area contributed by atoms with Crippen molar-refractivity contribution < 1.29 is 5.11 Å². The lowest BCUT2D eigenvalue weighted by Gasteiger charge is -2.17. The second-order valence-electron chi connectivity index (χ2n) is 6.28. The van der Waals surface area contributed by atoms with E-state index in [4.69, 9.17) is 4.98 Å². The summed E-state index contributed by atoms with van der Waals surface area (Å²) in [5.74, 6) is 1.31. The number of fused-ring (bicyclic) bond motifs is 1. The zero-order valence-corrected chi connectivity index (χ0v) is 12.6. The number of aliphatic hydroxyl groups is 1. The largest absolute Gasteiger partial charge is 0.396 e. The van der Waals surface area contributed by atoms with Gasteiger partial charge in [0, 0.05) is 25.0 Å². The van der Waals surface area contributed by atoms with Crippen LogP contribution in [0.2, 0.25) is 0 Å². The molecule has 1 unspecified atom stereocenters. The second-order valence-corrected chi connectivity index (χ2v) is 6.28. The van der Waals surface area contributed by atoms with Crippen LogP contribution in [0, 0.1) is 0 Å². The van der Waals surface area contributed by atoms with Gasteiger partial charge in [0.1, 0.15) is 5.82 Å². The van der Waals surface area contributed by atoms with Crippen molar-refractivity contribution in [3.05, 3.63) is 29.6 Å². The van der Waals surface area contributed by atoms with Crippen LogP contribution >= 0.6 is 0 Å². The number of aliphatic hydroxyl groups excluding tert-OH is 1. The highest BCUT2D eigenvalue weighted by Crippen LogP contribution is 2.28. The van der Waals surface area contributed by atoms with Crippen LogP contribution in [0.5, 0.6) is 0 Å². The summed E-state index contributed by atoms with van der Waals surface area (Å²) in [5.41, 5.74) is 3.41. The molecule has 0 saturated carbocycles. The molecule has 0 amide bonds. The van der Waals surface area contributed by atoms with E-state index in [-0.39, 0.29) is 17.9 Å². The van der Waals surface area contributed by atoms with Gasteiger partial charge < -0.3 is 9.67 Å². The molecule has 0 aliphatic carbocycles. The average Bonchev–Trinajstić information content (AvgIpc) is 2.68. The van der Waals surface area contributed by atoms with Gasteiger partial charge in [-0.15, -0.1) is 0 Å². The van der Waals surface area contributed by atoms with Crippen molar-refractivity contribution in [3.8, 4) is 0 Å². The zero-order valence-electron chi connectivity index (χ0n) is 12.6. The molecule has 3 heteroatoms. The molecular weight excluding hydrogens is 236 g/mol. The minimum atomic E-state index is 0.0368. The summed E-state index contributed by atoms with van der Waals surface area (Å²) in [6, 6.07) is 6.33. The monoisotopic (exact) mass is 260 g/mol. The van der Waals surface area contributed by atoms with E-state index in [0.29, 0.717) is 0 Å². The predicted octanol–water partition coefficient (Wildman–Crippen LogP) is 3.36. The first-order chi connectivity index (χ1) is 8.88. The third-order valence-electron chi connectivity index (χ3n) is 3.76. The Labute approximate surface area is 115 Å². The Morgan fingerprint density at radius 2 is 2.00 bits per heavy atom. The Hall–Kier alpha value is -1.35. The van der Waals surface area contributed by atoms with Gasteiger partial charge in [0.15, 0.2) is 0 Å². The van der Waals surface area contributed by atoms with E-state index < -0.39 is 0 Å². The highest BCUT2D eigenvalue weighted by atomic mass is 16.3. The number of hydrogen-bond acceptors (Lipinski definition) is 2. The molecule has 0 aliphatic rings. The van der Waals surface area contributed by atoms with E-state index in [1.165, 1.54) is 5.56 Å². The molecule has 2 aromatic rings. The Kier molecular flexibility index (Phi) is 3.68. The number of imidazole rings is 1. The van der Waals surface area contributed by atoms with Crippen molar-refractivity contribution in [1.82, 2.24) is 9.55 Å². The number of aromatic nitrogens is 2. The smallest absolute Gasteiger partial charge is 0.115 e. The Bertz CT molecular complexity index is 574. The Balaban J connectivity index is 2.57. The summed E-state index contributed by atoms with van der Waals surface area (Å²) < 4.78 is 2.17. The Morgan fingerprint density at radius 3 is 2.53 bits per heavy atom. The van der Waals surface area contributed by atoms with Crippen LogP contribution < -0.4 is 0 Å². The first-order valence-electron chi connectivity index (χ1n) is 6.96. The first-order valence-corrected chi connectivity index (χ1v) is 6.96. The summed E-state index contributed by atoms with van der Waals surface area (Å²) in [7, 11) is 2.07. The summed E-state index contributed by atoms with van der Waals surface area (Å²) >= 11 is 0. The van der Waals surface area contributed by atoms with E-state index >= 15 is 0 Å². The third-order valence-corrected chi connectivity index (χ3v) is 3.76. The molecule has 1 N–H and O–H groups in total. The molecule has 1 aromatic carbocycles. The molecule has 2 rings (SSSR count). The van der Waals surface area contributed by atoms with Gasteiger partial charge in [-0.25, -0.2) is 4.98 Å². The fourth-order valence-electron chi connectivity index (χ4n) is 2.60. The van der Waals surface area contributed by atoms with Crippen LogP contribution in [0.15, 0.2) is 18.2 Å². The summed E-state index contributed by atoms with van der Waals surface area (Å²) in [6.07, 6.45) is 0.950. The van der Waals surface area contributed by atoms with E-state index in [0.717, 1.165) is 23.3 Å². The summed E-state index contributed by atoms with van der Waals surface area (Å²) in [4.78, 5) is 4.74. The van der Waals surface area contributed by atoms with Gasteiger partial charge in [0.25, 0.3) is 0 Å². The minimum absolute atomic E-state index is 0.0368. The van der Waals surface area contributed by atoms with Gasteiger partial charge in [0.05, 0.1) is 11.0 Å². The lowest BCUT2D eigenvalue weighted by atomic mass is 9.96. The molecule has 0 fully saturated rings. The lowest BCUT2D eigenvalue weighted by molar-refractivity contribution is 0.262. The maximum Gasteiger partial charge on any atom is 0.115 e. The molecule has 1 aromatic heterocycles. The van der Waals surface area contributed by atoms with Gasteiger partial charge >= 0.3 is 0 Å². The standard InChI is InChI=1S/C16H24N2O/c1-6-11(10-19)12-7-8-13-14(9-12)18(5)15(17-13)16(2,3)4/h7-9,11,19H,6,10H2,1-5H3. The first kappa shape index (κ1) is 14.1. The van der Waals surface area contributed by atoms with Gasteiger partial charge in [0.2, 0.25) is 0 Å². The number of aryl methyl sites for hydroxylation is 1. The normalized spacial score (nSPS) is 14.0. The van der Waals surface area contributed by atoms with E-state index in [1.54, 1.807) is 0 Å². The third kappa shape index (κ3) is 2.52. The molecule has 1 atom stereocenters. The van der Waals surface area contributed by atoms with Crippen molar-refractivity contribution >= 4 is 11.0 Å². The highest BCUT2D eigenvalue weighted by molar-refractivity contribution is 5.77. The van der Waals surface area contributed by atoms with Crippen LogP contribution in [0.4, 0.5) is 0 Å². The highest BCUT2D eigenvalue weighted by Gasteiger charge is 2.21. The van der Waals surface area contributed by atoms with Crippen molar-refractivity contribution in [3.63, 3.8) is 0 Å². The van der Waals surface area contributed by atoms with E-state index in [1.807, 2.05) is 0 Å². The minimum Gasteiger partial charge on any atom is -0.396 e. The average molecular weight is 260 g/mol. The number of rotatable bonds is 3. The van der Waals surface area contributed by atoms with Crippen LogP contribution in [0.1, 0.15) is 51.4 Å². The molecule has 0 saturated heterocycles. The van der Waals surface area contributed by atoms with E-state index in [2.05, 4.69) is 57.5 Å². The fourth-order valence-corrected chi connectivity index (χ4v) is 2.60. The SMILES string of the molecule is CCC(CO)c1ccc2nc(C(C)(C)C)n(C)c2c1. The van der Waals surface area contributed by atoms with Crippen molar-refractivity contribution in [1.29, 1.82) is 0 Å². The predicted molar refractivity (Wildman–Crippen MR) is 79.5 cm³/mol. The quantitative estimate of drug-likeness (QED) is 0.919.